The maximum absolute atomic E-state index is 5.42. The lowest BCUT2D eigenvalue weighted by atomic mass is 9.62. The first kappa shape index (κ1) is 12.9. The Bertz CT molecular complexity index is 488. The average Bonchev–Trinajstić information content (AvgIpc) is 2.43. The summed E-state index contributed by atoms with van der Waals surface area (Å²) in [6, 6.07) is 7.72. The summed E-state index contributed by atoms with van der Waals surface area (Å²) in [5.41, 5.74) is 3.19. The molecule has 0 saturated carbocycles. The third-order valence-corrected chi connectivity index (χ3v) is 5.29. The van der Waals surface area contributed by atoms with Gasteiger partial charge >= 0.3 is 0 Å². The van der Waals surface area contributed by atoms with Gasteiger partial charge in [-0.2, -0.15) is 0 Å². The van der Waals surface area contributed by atoms with E-state index in [2.05, 4.69) is 49.4 Å². The molecule has 1 heterocycles. The molecule has 2 bridgehead atoms. The molecule has 1 N–H and O–H groups in total. The number of fused-ring (bicyclic) bond motifs is 4. The van der Waals surface area contributed by atoms with Gasteiger partial charge in [-0.15, -0.1) is 0 Å². The highest BCUT2D eigenvalue weighted by atomic mass is 16.5. The van der Waals surface area contributed by atoms with E-state index in [0.29, 0.717) is 12.1 Å². The highest BCUT2D eigenvalue weighted by Crippen LogP contribution is 2.45. The van der Waals surface area contributed by atoms with Crippen molar-refractivity contribution in [2.24, 2.45) is 0 Å². The summed E-state index contributed by atoms with van der Waals surface area (Å²) in [4.78, 5) is 2.51. The van der Waals surface area contributed by atoms with Crippen LogP contribution in [0.1, 0.15) is 24.5 Å². The summed E-state index contributed by atoms with van der Waals surface area (Å²) >= 11 is 0. The van der Waals surface area contributed by atoms with Gasteiger partial charge < -0.3 is 15.0 Å². The predicted octanol–water partition coefficient (Wildman–Crippen LogP) is 1.80. The Morgan fingerprint density at radius 1 is 1.42 bits per heavy atom. The summed E-state index contributed by atoms with van der Waals surface area (Å²) in [6.07, 6.45) is 2.34. The summed E-state index contributed by atoms with van der Waals surface area (Å²) in [6.45, 7) is 3.58. The maximum Gasteiger partial charge on any atom is 0.119 e. The van der Waals surface area contributed by atoms with Gasteiger partial charge in [-0.3, -0.25) is 0 Å². The van der Waals surface area contributed by atoms with Gasteiger partial charge in [0.15, 0.2) is 0 Å². The van der Waals surface area contributed by atoms with Crippen LogP contribution in [0.5, 0.6) is 5.75 Å². The molecule has 1 aromatic rings. The zero-order chi connectivity index (χ0) is 13.6. The normalized spacial score (nSPS) is 33.9. The van der Waals surface area contributed by atoms with E-state index in [1.54, 1.807) is 7.11 Å². The lowest BCUT2D eigenvalue weighted by Gasteiger charge is -2.54. The molecule has 0 spiro atoms. The Morgan fingerprint density at radius 3 is 2.89 bits per heavy atom. The van der Waals surface area contributed by atoms with Crippen LogP contribution in [-0.4, -0.2) is 44.7 Å². The van der Waals surface area contributed by atoms with Crippen LogP contribution in [0.25, 0.3) is 0 Å². The standard InChI is InChI=1S/C16H24N2O/c1-16-7-8-18(3)14(15(16)17-2)9-11-5-6-12(19-4)10-13(11)16/h5-6,10,14-15,17H,7-9H2,1-4H3/t14?,15-,16-/m1/s1. The van der Waals surface area contributed by atoms with E-state index in [9.17, 15) is 0 Å². The molecule has 1 aliphatic heterocycles. The van der Waals surface area contributed by atoms with Crippen molar-refractivity contribution in [2.75, 3.05) is 27.7 Å². The van der Waals surface area contributed by atoms with Crippen molar-refractivity contribution in [1.82, 2.24) is 10.2 Å². The molecule has 1 aliphatic carbocycles. The van der Waals surface area contributed by atoms with Crippen molar-refractivity contribution in [3.63, 3.8) is 0 Å². The van der Waals surface area contributed by atoms with Gasteiger partial charge in [-0.25, -0.2) is 0 Å². The Labute approximate surface area is 115 Å². The Balaban J connectivity index is 2.13. The van der Waals surface area contributed by atoms with Crippen molar-refractivity contribution in [2.45, 2.75) is 37.3 Å². The smallest absolute Gasteiger partial charge is 0.119 e. The fourth-order valence-electron chi connectivity index (χ4n) is 4.11. The van der Waals surface area contributed by atoms with Crippen LogP contribution in [0.2, 0.25) is 0 Å². The summed E-state index contributed by atoms with van der Waals surface area (Å²) in [5, 5.41) is 3.57. The van der Waals surface area contributed by atoms with Gasteiger partial charge in [0.05, 0.1) is 7.11 Å². The largest absolute Gasteiger partial charge is 0.497 e. The molecule has 0 amide bonds. The number of hydrogen-bond donors (Lipinski definition) is 1. The average molecular weight is 260 g/mol. The minimum Gasteiger partial charge on any atom is -0.497 e. The topological polar surface area (TPSA) is 24.5 Å². The third kappa shape index (κ3) is 1.79. The molecular formula is C16H24N2O. The Hall–Kier alpha value is -1.06. The first-order valence-corrected chi connectivity index (χ1v) is 7.15. The second kappa shape index (κ2) is 4.50. The minimum absolute atomic E-state index is 0.216. The number of ether oxygens (including phenoxy) is 1. The molecule has 1 fully saturated rings. The Kier molecular flexibility index (Phi) is 3.06. The first-order chi connectivity index (χ1) is 9.10. The highest BCUT2D eigenvalue weighted by Gasteiger charge is 2.49. The fraction of sp³-hybridized carbons (Fsp3) is 0.625. The zero-order valence-electron chi connectivity index (χ0n) is 12.4. The van der Waals surface area contributed by atoms with E-state index in [0.717, 1.165) is 12.2 Å². The van der Waals surface area contributed by atoms with Crippen LogP contribution in [0.4, 0.5) is 0 Å². The fourth-order valence-corrected chi connectivity index (χ4v) is 4.11. The summed E-state index contributed by atoms with van der Waals surface area (Å²) in [7, 11) is 6.10. The number of likely N-dealkylation sites (N-methyl/N-ethyl adjacent to an activating group) is 2. The van der Waals surface area contributed by atoms with Crippen LogP contribution in [0.3, 0.4) is 0 Å². The molecule has 2 aliphatic rings. The van der Waals surface area contributed by atoms with E-state index in [4.69, 9.17) is 4.74 Å². The van der Waals surface area contributed by atoms with Gasteiger partial charge in [0.1, 0.15) is 5.75 Å². The molecule has 1 unspecified atom stereocenters. The summed E-state index contributed by atoms with van der Waals surface area (Å²) in [5.74, 6) is 0.979. The van der Waals surface area contributed by atoms with Crippen molar-refractivity contribution in [3.8, 4) is 5.75 Å². The van der Waals surface area contributed by atoms with Crippen molar-refractivity contribution < 1.29 is 4.74 Å². The molecule has 1 aromatic carbocycles. The van der Waals surface area contributed by atoms with Crippen LogP contribution in [0, 0.1) is 0 Å². The quantitative estimate of drug-likeness (QED) is 0.877. The second-order valence-corrected chi connectivity index (χ2v) is 6.21. The van der Waals surface area contributed by atoms with Crippen molar-refractivity contribution in [3.05, 3.63) is 29.3 Å². The first-order valence-electron chi connectivity index (χ1n) is 7.15. The monoisotopic (exact) mass is 260 g/mol. The lowest BCUT2D eigenvalue weighted by Crippen LogP contribution is -2.65. The number of hydrogen-bond acceptors (Lipinski definition) is 3. The summed E-state index contributed by atoms with van der Waals surface area (Å²) < 4.78 is 5.42. The lowest BCUT2D eigenvalue weighted by molar-refractivity contribution is 0.0701. The number of benzene rings is 1. The molecular weight excluding hydrogens is 236 g/mol. The number of nitrogens with zero attached hydrogens (tertiary/aromatic N) is 1. The van der Waals surface area contributed by atoms with Gasteiger partial charge in [0.2, 0.25) is 0 Å². The van der Waals surface area contributed by atoms with E-state index in [-0.39, 0.29) is 5.41 Å². The van der Waals surface area contributed by atoms with Gasteiger partial charge in [-0.05, 0) is 56.7 Å². The molecule has 0 aromatic heterocycles. The van der Waals surface area contributed by atoms with E-state index < -0.39 is 0 Å². The number of piperidine rings is 1. The number of likely N-dealkylation sites (tertiary alicyclic amines) is 1. The second-order valence-electron chi connectivity index (χ2n) is 6.21. The molecule has 0 radical (unpaired) electrons. The van der Waals surface area contributed by atoms with Crippen LogP contribution in [-0.2, 0) is 11.8 Å². The molecule has 3 heteroatoms. The SMILES string of the molecule is CN[C@@H]1C2Cc3ccc(OC)cc3[C@@]1(C)CCN2C. The van der Waals surface area contributed by atoms with Crippen LogP contribution >= 0.6 is 0 Å². The zero-order valence-corrected chi connectivity index (χ0v) is 12.4. The number of methoxy groups -OCH3 is 1. The molecule has 19 heavy (non-hydrogen) atoms. The van der Waals surface area contributed by atoms with Gasteiger partial charge in [-0.1, -0.05) is 13.0 Å². The van der Waals surface area contributed by atoms with E-state index >= 15 is 0 Å². The third-order valence-electron chi connectivity index (χ3n) is 5.29. The van der Waals surface area contributed by atoms with Crippen LogP contribution in [0.15, 0.2) is 18.2 Å². The number of rotatable bonds is 2. The maximum atomic E-state index is 5.42. The Morgan fingerprint density at radius 2 is 2.21 bits per heavy atom. The van der Waals surface area contributed by atoms with Gasteiger partial charge in [0, 0.05) is 17.5 Å². The molecule has 3 rings (SSSR count). The van der Waals surface area contributed by atoms with E-state index in [1.807, 2.05) is 0 Å². The van der Waals surface area contributed by atoms with E-state index in [1.165, 1.54) is 24.1 Å². The van der Waals surface area contributed by atoms with Crippen molar-refractivity contribution >= 4 is 0 Å². The minimum atomic E-state index is 0.216. The van der Waals surface area contributed by atoms with Crippen LogP contribution < -0.4 is 10.1 Å². The molecule has 1 saturated heterocycles. The molecule has 3 atom stereocenters. The highest BCUT2D eigenvalue weighted by molar-refractivity contribution is 5.45. The molecule has 104 valence electrons. The predicted molar refractivity (Wildman–Crippen MR) is 77.9 cm³/mol. The van der Waals surface area contributed by atoms with Crippen molar-refractivity contribution in [1.29, 1.82) is 0 Å². The number of nitrogens with one attached hydrogen (secondary N) is 1. The van der Waals surface area contributed by atoms with Gasteiger partial charge in [0.25, 0.3) is 0 Å². The molecule has 3 nitrogen and oxygen atoms in total.